The minimum atomic E-state index is -0.340. The molecule has 21 heavy (non-hydrogen) atoms. The lowest BCUT2D eigenvalue weighted by molar-refractivity contribution is -0.125. The van der Waals surface area contributed by atoms with Gasteiger partial charge in [-0.2, -0.15) is 0 Å². The van der Waals surface area contributed by atoms with Gasteiger partial charge >= 0.3 is 0 Å². The van der Waals surface area contributed by atoms with E-state index in [9.17, 15) is 4.79 Å². The highest BCUT2D eigenvalue weighted by atomic mass is 16.5. The molecule has 114 valence electrons. The Labute approximate surface area is 126 Å². The predicted molar refractivity (Wildman–Crippen MR) is 83.3 cm³/mol. The zero-order valence-corrected chi connectivity index (χ0v) is 12.9. The lowest BCUT2D eigenvalue weighted by Gasteiger charge is -2.27. The molecule has 0 aliphatic carbocycles. The van der Waals surface area contributed by atoms with Crippen LogP contribution in [-0.4, -0.2) is 25.7 Å². The van der Waals surface area contributed by atoms with Crippen LogP contribution in [0.25, 0.3) is 0 Å². The number of anilines is 1. The van der Waals surface area contributed by atoms with E-state index in [1.54, 1.807) is 0 Å². The highest BCUT2D eigenvalue weighted by molar-refractivity contribution is 5.97. The van der Waals surface area contributed by atoms with Gasteiger partial charge in [-0.15, -0.1) is 0 Å². The van der Waals surface area contributed by atoms with Gasteiger partial charge in [-0.25, -0.2) is 0 Å². The van der Waals surface area contributed by atoms with Gasteiger partial charge in [0.15, 0.2) is 0 Å². The molecular formula is C17H24N2O2. The Bertz CT molecular complexity index is 542. The fraction of sp³-hybridized carbons (Fsp3) is 0.588. The van der Waals surface area contributed by atoms with Gasteiger partial charge in [0, 0.05) is 36.9 Å². The van der Waals surface area contributed by atoms with E-state index >= 15 is 0 Å². The fourth-order valence-electron chi connectivity index (χ4n) is 3.20. The summed E-state index contributed by atoms with van der Waals surface area (Å²) in [5.41, 5.74) is 9.27. The first-order valence-corrected chi connectivity index (χ1v) is 7.78. The van der Waals surface area contributed by atoms with Crippen LogP contribution in [0.5, 0.6) is 0 Å². The van der Waals surface area contributed by atoms with Gasteiger partial charge in [0.05, 0.1) is 0 Å². The third-order valence-corrected chi connectivity index (χ3v) is 4.56. The van der Waals surface area contributed by atoms with Crippen molar-refractivity contribution in [2.45, 2.75) is 38.6 Å². The molecule has 0 saturated carbocycles. The lowest BCUT2D eigenvalue weighted by Crippen LogP contribution is -2.37. The molecule has 4 heteroatoms. The van der Waals surface area contributed by atoms with Gasteiger partial charge < -0.3 is 15.4 Å². The largest absolute Gasteiger partial charge is 0.381 e. The molecule has 1 aromatic carbocycles. The number of fused-ring (bicyclic) bond motifs is 1. The second-order valence-corrected chi connectivity index (χ2v) is 6.69. The number of carbonyl (C=O) groups excluding carboxylic acids is 1. The maximum Gasteiger partial charge on any atom is 0.230 e. The molecule has 2 heterocycles. The molecule has 4 nitrogen and oxygen atoms in total. The van der Waals surface area contributed by atoms with E-state index in [-0.39, 0.29) is 17.4 Å². The molecule has 2 aliphatic rings. The van der Waals surface area contributed by atoms with Gasteiger partial charge in [0.2, 0.25) is 5.91 Å². The van der Waals surface area contributed by atoms with Crippen molar-refractivity contribution < 1.29 is 9.53 Å². The van der Waals surface area contributed by atoms with Crippen LogP contribution >= 0.6 is 0 Å². The molecule has 3 rings (SSSR count). The highest BCUT2D eigenvalue weighted by Crippen LogP contribution is 2.33. The van der Waals surface area contributed by atoms with E-state index in [2.05, 4.69) is 18.2 Å². The van der Waals surface area contributed by atoms with E-state index in [4.69, 9.17) is 10.5 Å². The number of nitrogens with zero attached hydrogens (tertiary/aromatic N) is 1. The zero-order valence-electron chi connectivity index (χ0n) is 12.9. The van der Waals surface area contributed by atoms with Crippen LogP contribution in [0.4, 0.5) is 5.69 Å². The fourth-order valence-corrected chi connectivity index (χ4v) is 3.20. The van der Waals surface area contributed by atoms with Crippen LogP contribution < -0.4 is 10.6 Å². The first-order valence-electron chi connectivity index (χ1n) is 7.78. The van der Waals surface area contributed by atoms with Gasteiger partial charge in [0.25, 0.3) is 0 Å². The van der Waals surface area contributed by atoms with E-state index in [0.717, 1.165) is 37.1 Å². The summed E-state index contributed by atoms with van der Waals surface area (Å²) < 4.78 is 5.35. The van der Waals surface area contributed by atoms with E-state index in [1.165, 1.54) is 5.56 Å². The molecule has 1 fully saturated rings. The molecule has 1 amide bonds. The molecule has 1 saturated heterocycles. The number of rotatable bonds is 2. The Balaban J connectivity index is 1.82. The smallest absolute Gasteiger partial charge is 0.230 e. The first kappa shape index (κ1) is 14.5. The maximum absolute atomic E-state index is 12.7. The monoisotopic (exact) mass is 288 g/mol. The molecule has 0 radical (unpaired) electrons. The summed E-state index contributed by atoms with van der Waals surface area (Å²) in [5.74, 6) is 0.382. The quantitative estimate of drug-likeness (QED) is 0.907. The van der Waals surface area contributed by atoms with Crippen LogP contribution in [0.15, 0.2) is 18.2 Å². The molecule has 0 unspecified atom stereocenters. The van der Waals surface area contributed by atoms with Crippen molar-refractivity contribution in [3.05, 3.63) is 29.3 Å². The SMILES string of the molecule is CC(C)(N)c1ccc2c(c1)CCN2C(=O)C1CCOCC1. The van der Waals surface area contributed by atoms with Crippen LogP contribution in [0, 0.1) is 5.92 Å². The Kier molecular flexibility index (Phi) is 3.76. The molecule has 0 aromatic heterocycles. The van der Waals surface area contributed by atoms with Gasteiger partial charge in [0.1, 0.15) is 0 Å². The van der Waals surface area contributed by atoms with Crippen molar-refractivity contribution in [2.75, 3.05) is 24.7 Å². The second kappa shape index (κ2) is 5.43. The minimum Gasteiger partial charge on any atom is -0.381 e. The van der Waals surface area contributed by atoms with E-state index in [1.807, 2.05) is 18.7 Å². The Hall–Kier alpha value is -1.39. The van der Waals surface area contributed by atoms with Gasteiger partial charge in [-0.3, -0.25) is 4.79 Å². The van der Waals surface area contributed by atoms with Crippen LogP contribution in [-0.2, 0) is 21.5 Å². The van der Waals surface area contributed by atoms with Crippen molar-refractivity contribution >= 4 is 11.6 Å². The van der Waals surface area contributed by atoms with Crippen molar-refractivity contribution in [3.8, 4) is 0 Å². The Morgan fingerprint density at radius 1 is 1.33 bits per heavy atom. The van der Waals surface area contributed by atoms with Crippen LogP contribution in [0.2, 0.25) is 0 Å². The van der Waals surface area contributed by atoms with E-state index in [0.29, 0.717) is 13.2 Å². The summed E-state index contributed by atoms with van der Waals surface area (Å²) in [6.07, 6.45) is 2.62. The Morgan fingerprint density at radius 3 is 2.71 bits per heavy atom. The Morgan fingerprint density at radius 2 is 2.05 bits per heavy atom. The summed E-state index contributed by atoms with van der Waals surface area (Å²) >= 11 is 0. The summed E-state index contributed by atoms with van der Waals surface area (Å²) in [6.45, 7) is 6.22. The van der Waals surface area contributed by atoms with E-state index < -0.39 is 0 Å². The third kappa shape index (κ3) is 2.83. The van der Waals surface area contributed by atoms with Crippen molar-refractivity contribution in [1.29, 1.82) is 0 Å². The number of carbonyl (C=O) groups is 1. The normalized spacial score (nSPS) is 19.7. The lowest BCUT2D eigenvalue weighted by atomic mass is 9.93. The molecule has 0 bridgehead atoms. The number of benzene rings is 1. The summed E-state index contributed by atoms with van der Waals surface area (Å²) in [6, 6.07) is 6.27. The molecule has 2 N–H and O–H groups in total. The summed E-state index contributed by atoms with van der Waals surface area (Å²) in [7, 11) is 0. The van der Waals surface area contributed by atoms with Gasteiger partial charge in [-0.05, 0) is 50.3 Å². The average Bonchev–Trinajstić information content (AvgIpc) is 2.89. The molecular weight excluding hydrogens is 264 g/mol. The van der Waals surface area contributed by atoms with Crippen LogP contribution in [0.3, 0.4) is 0 Å². The van der Waals surface area contributed by atoms with Gasteiger partial charge in [-0.1, -0.05) is 12.1 Å². The first-order chi connectivity index (χ1) is 9.97. The van der Waals surface area contributed by atoms with Crippen molar-refractivity contribution in [3.63, 3.8) is 0 Å². The average molecular weight is 288 g/mol. The topological polar surface area (TPSA) is 55.6 Å². The number of hydrogen-bond donors (Lipinski definition) is 1. The molecule has 1 aromatic rings. The molecule has 0 spiro atoms. The summed E-state index contributed by atoms with van der Waals surface area (Å²) in [5, 5.41) is 0. The summed E-state index contributed by atoms with van der Waals surface area (Å²) in [4.78, 5) is 14.6. The highest BCUT2D eigenvalue weighted by Gasteiger charge is 2.31. The second-order valence-electron chi connectivity index (χ2n) is 6.69. The standard InChI is InChI=1S/C17H24N2O2/c1-17(2,18)14-3-4-15-13(11-14)5-8-19(15)16(20)12-6-9-21-10-7-12/h3-4,11-12H,5-10,18H2,1-2H3. The third-order valence-electron chi connectivity index (χ3n) is 4.56. The predicted octanol–water partition coefficient (Wildman–Crippen LogP) is 2.20. The molecule has 2 aliphatic heterocycles. The zero-order chi connectivity index (χ0) is 15.0. The maximum atomic E-state index is 12.7. The minimum absolute atomic E-state index is 0.121. The van der Waals surface area contributed by atoms with Crippen molar-refractivity contribution in [2.24, 2.45) is 11.7 Å². The number of nitrogens with two attached hydrogens (primary N) is 1. The number of hydrogen-bond acceptors (Lipinski definition) is 3. The number of amides is 1. The molecule has 0 atom stereocenters. The van der Waals surface area contributed by atoms with Crippen molar-refractivity contribution in [1.82, 2.24) is 0 Å². The van der Waals surface area contributed by atoms with Crippen LogP contribution in [0.1, 0.15) is 37.8 Å². The number of ether oxygens (including phenoxy) is 1.